The first-order valence-electron chi connectivity index (χ1n) is 6.19. The third-order valence-electron chi connectivity index (χ3n) is 3.20. The van der Waals surface area contributed by atoms with Crippen molar-refractivity contribution in [1.82, 2.24) is 20.4 Å². The van der Waals surface area contributed by atoms with Crippen LogP contribution in [0.25, 0.3) is 0 Å². The van der Waals surface area contributed by atoms with Crippen molar-refractivity contribution >= 4 is 17.8 Å². The van der Waals surface area contributed by atoms with Crippen LogP contribution in [0.2, 0.25) is 0 Å². The highest BCUT2D eigenvalue weighted by Gasteiger charge is 2.25. The van der Waals surface area contributed by atoms with Crippen LogP contribution in [0, 0.1) is 5.92 Å². The van der Waals surface area contributed by atoms with E-state index in [-0.39, 0.29) is 11.8 Å². The first kappa shape index (κ1) is 13.2. The van der Waals surface area contributed by atoms with Crippen molar-refractivity contribution in [1.29, 1.82) is 0 Å². The Labute approximate surface area is 110 Å². The molecule has 0 bridgehead atoms. The first-order valence-corrected chi connectivity index (χ1v) is 6.19. The van der Waals surface area contributed by atoms with Gasteiger partial charge in [-0.1, -0.05) is 0 Å². The van der Waals surface area contributed by atoms with Gasteiger partial charge in [-0.3, -0.25) is 9.89 Å². The molecule has 2 rings (SSSR count). The number of nitrogen functional groups attached to an aromatic ring is 1. The summed E-state index contributed by atoms with van der Waals surface area (Å²) in [5.74, 6) is 0.408. The Morgan fingerprint density at radius 1 is 1.58 bits per heavy atom. The van der Waals surface area contributed by atoms with Gasteiger partial charge in [0, 0.05) is 25.7 Å². The minimum absolute atomic E-state index is 0.118. The van der Waals surface area contributed by atoms with Gasteiger partial charge in [0.1, 0.15) is 11.5 Å². The van der Waals surface area contributed by atoms with Gasteiger partial charge in [-0.15, -0.1) is 0 Å². The summed E-state index contributed by atoms with van der Waals surface area (Å²) >= 11 is 0. The normalized spacial score (nSPS) is 19.2. The minimum Gasteiger partial charge on any atom is -0.382 e. The van der Waals surface area contributed by atoms with Gasteiger partial charge in [0.15, 0.2) is 0 Å². The molecule has 1 saturated heterocycles. The lowest BCUT2D eigenvalue weighted by atomic mass is 9.98. The Kier molecular flexibility index (Phi) is 3.88. The number of aromatic nitrogens is 2. The monoisotopic (exact) mass is 266 g/mol. The Bertz CT molecular complexity index is 472. The number of aromatic amines is 1. The molecule has 1 atom stereocenters. The predicted molar refractivity (Wildman–Crippen MR) is 69.2 cm³/mol. The fourth-order valence-corrected chi connectivity index (χ4v) is 2.28. The molecule has 8 heteroatoms. The van der Waals surface area contributed by atoms with Gasteiger partial charge in [0.25, 0.3) is 5.91 Å². The molecule has 1 aromatic rings. The Morgan fingerprint density at radius 3 is 3.00 bits per heavy atom. The number of likely N-dealkylation sites (tertiary alicyclic amines) is 1. The van der Waals surface area contributed by atoms with E-state index in [4.69, 9.17) is 11.5 Å². The number of amides is 3. The molecule has 19 heavy (non-hydrogen) atoms. The van der Waals surface area contributed by atoms with Gasteiger partial charge in [0.2, 0.25) is 0 Å². The SMILES string of the molecule is NC(=O)NCC1CCCN(C(=O)c2cc(N)n[nH]2)C1. The van der Waals surface area contributed by atoms with E-state index >= 15 is 0 Å². The molecule has 0 saturated carbocycles. The summed E-state index contributed by atoms with van der Waals surface area (Å²) < 4.78 is 0. The molecule has 1 unspecified atom stereocenters. The molecule has 0 radical (unpaired) electrons. The van der Waals surface area contributed by atoms with Gasteiger partial charge in [0.05, 0.1) is 0 Å². The van der Waals surface area contributed by atoms with Crippen LogP contribution in [0.4, 0.5) is 10.6 Å². The largest absolute Gasteiger partial charge is 0.382 e. The number of nitrogens with one attached hydrogen (secondary N) is 2. The van der Waals surface area contributed by atoms with Gasteiger partial charge in [-0.05, 0) is 18.8 Å². The first-order chi connectivity index (χ1) is 9.06. The maximum atomic E-state index is 12.2. The van der Waals surface area contributed by atoms with E-state index in [1.165, 1.54) is 6.07 Å². The topological polar surface area (TPSA) is 130 Å². The zero-order chi connectivity index (χ0) is 13.8. The molecule has 1 fully saturated rings. The standard InChI is InChI=1S/C11H18N6O2/c12-9-4-8(15-16-9)10(18)17-3-1-2-7(6-17)5-14-11(13)19/h4,7H,1-3,5-6H2,(H3,12,15,16)(H3,13,14,19). The number of primary amides is 1. The maximum Gasteiger partial charge on any atom is 0.312 e. The lowest BCUT2D eigenvalue weighted by Gasteiger charge is -2.32. The summed E-state index contributed by atoms with van der Waals surface area (Å²) in [6.07, 6.45) is 1.87. The van der Waals surface area contributed by atoms with E-state index < -0.39 is 6.03 Å². The van der Waals surface area contributed by atoms with Crippen LogP contribution < -0.4 is 16.8 Å². The highest BCUT2D eigenvalue weighted by Crippen LogP contribution is 2.18. The highest BCUT2D eigenvalue weighted by molar-refractivity contribution is 5.93. The number of hydrogen-bond donors (Lipinski definition) is 4. The average molecular weight is 266 g/mol. The van der Waals surface area contributed by atoms with Crippen LogP contribution in [0.3, 0.4) is 0 Å². The summed E-state index contributed by atoms with van der Waals surface area (Å²) in [5.41, 5.74) is 10.9. The molecule has 6 N–H and O–H groups in total. The van der Waals surface area contributed by atoms with Crippen molar-refractivity contribution in [3.63, 3.8) is 0 Å². The summed E-state index contributed by atoms with van der Waals surface area (Å²) in [7, 11) is 0. The number of piperidine rings is 1. The van der Waals surface area contributed by atoms with Crippen molar-refractivity contribution in [2.75, 3.05) is 25.4 Å². The van der Waals surface area contributed by atoms with Crippen LogP contribution in [-0.2, 0) is 0 Å². The van der Waals surface area contributed by atoms with Crippen molar-refractivity contribution in [2.45, 2.75) is 12.8 Å². The zero-order valence-electron chi connectivity index (χ0n) is 10.6. The number of H-pyrrole nitrogens is 1. The molecule has 1 aliphatic heterocycles. The summed E-state index contributed by atoms with van der Waals surface area (Å²) in [6, 6.07) is 0.984. The van der Waals surface area contributed by atoms with E-state index in [1.54, 1.807) is 4.90 Å². The predicted octanol–water partition coefficient (Wildman–Crippen LogP) is -0.488. The van der Waals surface area contributed by atoms with E-state index in [0.29, 0.717) is 31.1 Å². The molecular formula is C11H18N6O2. The average Bonchev–Trinajstić information content (AvgIpc) is 2.82. The fourth-order valence-electron chi connectivity index (χ4n) is 2.28. The van der Waals surface area contributed by atoms with Gasteiger partial charge < -0.3 is 21.7 Å². The number of nitrogens with two attached hydrogens (primary N) is 2. The third kappa shape index (κ3) is 3.36. The van der Waals surface area contributed by atoms with Crippen LogP contribution >= 0.6 is 0 Å². The summed E-state index contributed by atoms with van der Waals surface area (Å²) in [6.45, 7) is 1.78. The number of hydrogen-bond acceptors (Lipinski definition) is 4. The smallest absolute Gasteiger partial charge is 0.312 e. The molecular weight excluding hydrogens is 248 g/mol. The Hall–Kier alpha value is -2.25. The van der Waals surface area contributed by atoms with Crippen LogP contribution in [0.5, 0.6) is 0 Å². The molecule has 3 amide bonds. The second-order valence-electron chi connectivity index (χ2n) is 4.71. The minimum atomic E-state index is -0.537. The quantitative estimate of drug-likeness (QED) is 0.588. The van der Waals surface area contributed by atoms with E-state index in [2.05, 4.69) is 15.5 Å². The number of rotatable bonds is 3. The molecule has 1 aromatic heterocycles. The van der Waals surface area contributed by atoms with Crippen molar-refractivity contribution < 1.29 is 9.59 Å². The van der Waals surface area contributed by atoms with Gasteiger partial charge in [-0.2, -0.15) is 5.10 Å². The molecule has 0 aliphatic carbocycles. The Balaban J connectivity index is 1.93. The second-order valence-corrected chi connectivity index (χ2v) is 4.71. The number of urea groups is 1. The number of carbonyl (C=O) groups excluding carboxylic acids is 2. The zero-order valence-corrected chi connectivity index (χ0v) is 10.6. The number of anilines is 1. The molecule has 8 nitrogen and oxygen atoms in total. The van der Waals surface area contributed by atoms with Crippen molar-refractivity contribution in [2.24, 2.45) is 11.7 Å². The third-order valence-corrected chi connectivity index (χ3v) is 3.20. The summed E-state index contributed by atoms with van der Waals surface area (Å²) in [5, 5.41) is 8.93. The molecule has 104 valence electrons. The second kappa shape index (κ2) is 5.59. The molecule has 0 aromatic carbocycles. The van der Waals surface area contributed by atoms with E-state index in [0.717, 1.165) is 12.8 Å². The van der Waals surface area contributed by atoms with Gasteiger partial charge in [-0.25, -0.2) is 4.79 Å². The van der Waals surface area contributed by atoms with Crippen LogP contribution in [0.1, 0.15) is 23.3 Å². The van der Waals surface area contributed by atoms with Gasteiger partial charge >= 0.3 is 6.03 Å². The van der Waals surface area contributed by atoms with Crippen molar-refractivity contribution in [3.05, 3.63) is 11.8 Å². The molecule has 2 heterocycles. The Morgan fingerprint density at radius 2 is 2.37 bits per heavy atom. The van der Waals surface area contributed by atoms with Crippen LogP contribution in [-0.4, -0.2) is 46.7 Å². The van der Waals surface area contributed by atoms with E-state index in [1.807, 2.05) is 0 Å². The summed E-state index contributed by atoms with van der Waals surface area (Å²) in [4.78, 5) is 24.6. The number of nitrogens with zero attached hydrogens (tertiary/aromatic N) is 2. The lowest BCUT2D eigenvalue weighted by Crippen LogP contribution is -2.44. The highest BCUT2D eigenvalue weighted by atomic mass is 16.2. The molecule has 1 aliphatic rings. The maximum absolute atomic E-state index is 12.2. The molecule has 0 spiro atoms. The van der Waals surface area contributed by atoms with Crippen LogP contribution in [0.15, 0.2) is 6.07 Å². The lowest BCUT2D eigenvalue weighted by molar-refractivity contribution is 0.0669. The van der Waals surface area contributed by atoms with E-state index in [9.17, 15) is 9.59 Å². The number of carbonyl (C=O) groups is 2. The van der Waals surface area contributed by atoms with Crippen molar-refractivity contribution in [3.8, 4) is 0 Å². The fraction of sp³-hybridized carbons (Fsp3) is 0.545.